The van der Waals surface area contributed by atoms with Crippen molar-refractivity contribution in [2.75, 3.05) is 34.4 Å². The molecule has 2 unspecified atom stereocenters. The third-order valence-electron chi connectivity index (χ3n) is 4.21. The van der Waals surface area contributed by atoms with Crippen molar-refractivity contribution >= 4 is 15.9 Å². The zero-order chi connectivity index (χ0) is 14.9. The fourth-order valence-corrected chi connectivity index (χ4v) is 3.73. The Bertz CT molecular complexity index is 493. The molecule has 2 N–H and O–H groups in total. The van der Waals surface area contributed by atoms with E-state index in [2.05, 4.69) is 40.9 Å². The van der Waals surface area contributed by atoms with Gasteiger partial charge in [0.25, 0.3) is 0 Å². The quantitative estimate of drug-likeness (QED) is 0.913. The summed E-state index contributed by atoms with van der Waals surface area (Å²) in [6, 6.07) is 2.54. The average Bonchev–Trinajstić information content (AvgIpc) is 2.81. The van der Waals surface area contributed by atoms with Crippen LogP contribution in [0.5, 0.6) is 11.5 Å². The fraction of sp³-hybridized carbons (Fsp3) is 0.600. The Kier molecular flexibility index (Phi) is 4.94. The van der Waals surface area contributed by atoms with Crippen LogP contribution in [0.15, 0.2) is 10.5 Å². The molecule has 2 atom stereocenters. The maximum absolute atomic E-state index is 5.83. The van der Waals surface area contributed by atoms with Gasteiger partial charge in [-0.1, -0.05) is 0 Å². The highest BCUT2D eigenvalue weighted by molar-refractivity contribution is 9.10. The number of hydrogen-bond donors (Lipinski definition) is 1. The minimum atomic E-state index is 0.389. The van der Waals surface area contributed by atoms with Gasteiger partial charge >= 0.3 is 0 Å². The standard InChI is InChI=1S/C15H23BrN2O2/c1-9-11(13-5-10(7-17)8-18(13)2)6-12(16)15(20-4)14(9)19-3/h6,10,13H,5,7-8,17H2,1-4H3. The van der Waals surface area contributed by atoms with E-state index in [1.807, 2.05) is 0 Å². The fourth-order valence-electron chi connectivity index (χ4n) is 3.14. The number of nitrogens with zero attached hydrogens (tertiary/aromatic N) is 1. The topological polar surface area (TPSA) is 47.7 Å². The van der Waals surface area contributed by atoms with E-state index in [1.165, 1.54) is 5.56 Å². The molecule has 1 aliphatic rings. The van der Waals surface area contributed by atoms with Crippen molar-refractivity contribution in [1.82, 2.24) is 4.90 Å². The molecular formula is C15H23BrN2O2. The van der Waals surface area contributed by atoms with Crippen LogP contribution in [0.2, 0.25) is 0 Å². The second kappa shape index (κ2) is 6.33. The van der Waals surface area contributed by atoms with Crippen molar-refractivity contribution in [2.24, 2.45) is 11.7 Å². The molecule has 0 aromatic heterocycles. The molecule has 1 aliphatic heterocycles. The molecule has 112 valence electrons. The lowest BCUT2D eigenvalue weighted by molar-refractivity contribution is 0.309. The smallest absolute Gasteiger partial charge is 0.175 e. The number of nitrogens with two attached hydrogens (primary N) is 1. The molecule has 0 radical (unpaired) electrons. The van der Waals surface area contributed by atoms with Crippen LogP contribution < -0.4 is 15.2 Å². The second-order valence-corrected chi connectivity index (χ2v) is 6.29. The molecule has 0 aliphatic carbocycles. The largest absolute Gasteiger partial charge is 0.493 e. The molecule has 4 nitrogen and oxygen atoms in total. The van der Waals surface area contributed by atoms with E-state index in [0.717, 1.165) is 41.0 Å². The summed E-state index contributed by atoms with van der Waals surface area (Å²) in [7, 11) is 5.50. The minimum Gasteiger partial charge on any atom is -0.493 e. The Morgan fingerprint density at radius 2 is 2.00 bits per heavy atom. The van der Waals surface area contributed by atoms with E-state index in [1.54, 1.807) is 14.2 Å². The van der Waals surface area contributed by atoms with Crippen molar-refractivity contribution in [3.8, 4) is 11.5 Å². The van der Waals surface area contributed by atoms with Gasteiger partial charge in [-0.3, -0.25) is 4.90 Å². The Labute approximate surface area is 129 Å². The molecule has 1 aromatic rings. The van der Waals surface area contributed by atoms with E-state index in [4.69, 9.17) is 15.2 Å². The van der Waals surface area contributed by atoms with Crippen molar-refractivity contribution in [3.63, 3.8) is 0 Å². The molecule has 0 spiro atoms. The number of ether oxygens (including phenoxy) is 2. The van der Waals surface area contributed by atoms with Crippen LogP contribution >= 0.6 is 15.9 Å². The summed E-state index contributed by atoms with van der Waals surface area (Å²) in [5.74, 6) is 2.13. The lowest BCUT2D eigenvalue weighted by atomic mass is 9.95. The van der Waals surface area contributed by atoms with Crippen LogP contribution in [0.4, 0.5) is 0 Å². The number of benzene rings is 1. The van der Waals surface area contributed by atoms with E-state index in [9.17, 15) is 0 Å². The lowest BCUT2D eigenvalue weighted by Crippen LogP contribution is -2.21. The molecule has 1 fully saturated rings. The normalized spacial score (nSPS) is 23.1. The van der Waals surface area contributed by atoms with Gasteiger partial charge in [-0.05, 0) is 66.0 Å². The third-order valence-corrected chi connectivity index (χ3v) is 4.80. The van der Waals surface area contributed by atoms with E-state index >= 15 is 0 Å². The summed E-state index contributed by atoms with van der Waals surface area (Å²) < 4.78 is 11.9. The Balaban J connectivity index is 2.45. The summed E-state index contributed by atoms with van der Waals surface area (Å²) in [6.45, 7) is 3.88. The molecule has 1 saturated heterocycles. The summed E-state index contributed by atoms with van der Waals surface area (Å²) in [5, 5.41) is 0. The SMILES string of the molecule is COc1c(Br)cc(C2CC(CN)CN2C)c(C)c1OC. The monoisotopic (exact) mass is 342 g/mol. The van der Waals surface area contributed by atoms with Gasteiger partial charge in [-0.25, -0.2) is 0 Å². The van der Waals surface area contributed by atoms with Gasteiger partial charge in [0, 0.05) is 12.6 Å². The van der Waals surface area contributed by atoms with Gasteiger partial charge in [0.2, 0.25) is 0 Å². The van der Waals surface area contributed by atoms with Gasteiger partial charge in [-0.15, -0.1) is 0 Å². The third kappa shape index (κ3) is 2.67. The maximum Gasteiger partial charge on any atom is 0.175 e. The van der Waals surface area contributed by atoms with Gasteiger partial charge < -0.3 is 15.2 Å². The Hall–Kier alpha value is -0.780. The second-order valence-electron chi connectivity index (χ2n) is 5.43. The molecule has 20 heavy (non-hydrogen) atoms. The molecule has 0 bridgehead atoms. The highest BCUT2D eigenvalue weighted by Crippen LogP contribution is 2.45. The molecule has 2 rings (SSSR count). The van der Waals surface area contributed by atoms with Crippen LogP contribution in [0, 0.1) is 12.8 Å². The van der Waals surface area contributed by atoms with Crippen molar-refractivity contribution in [1.29, 1.82) is 0 Å². The molecule has 0 saturated carbocycles. The first-order valence-corrected chi connectivity index (χ1v) is 7.64. The van der Waals surface area contributed by atoms with Crippen molar-refractivity contribution in [3.05, 3.63) is 21.7 Å². The van der Waals surface area contributed by atoms with Gasteiger partial charge in [0.1, 0.15) is 0 Å². The number of halogens is 1. The van der Waals surface area contributed by atoms with Gasteiger partial charge in [0.05, 0.1) is 18.7 Å². The Morgan fingerprint density at radius 3 is 2.50 bits per heavy atom. The molecular weight excluding hydrogens is 320 g/mol. The summed E-state index contributed by atoms with van der Waals surface area (Å²) in [5.41, 5.74) is 8.25. The van der Waals surface area contributed by atoms with Crippen LogP contribution in [0.1, 0.15) is 23.6 Å². The van der Waals surface area contributed by atoms with Gasteiger partial charge in [-0.2, -0.15) is 0 Å². The molecule has 0 amide bonds. The van der Waals surface area contributed by atoms with Gasteiger partial charge in [0.15, 0.2) is 11.5 Å². The van der Waals surface area contributed by atoms with E-state index in [0.29, 0.717) is 12.0 Å². The van der Waals surface area contributed by atoms with Crippen molar-refractivity contribution in [2.45, 2.75) is 19.4 Å². The van der Waals surface area contributed by atoms with Crippen LogP contribution in [0.25, 0.3) is 0 Å². The number of likely N-dealkylation sites (tertiary alicyclic amines) is 1. The maximum atomic E-state index is 5.83. The zero-order valence-electron chi connectivity index (χ0n) is 12.6. The number of methoxy groups -OCH3 is 2. The minimum absolute atomic E-state index is 0.389. The number of rotatable bonds is 4. The van der Waals surface area contributed by atoms with Crippen LogP contribution in [0.3, 0.4) is 0 Å². The first kappa shape index (κ1) is 15.6. The highest BCUT2D eigenvalue weighted by atomic mass is 79.9. The predicted octanol–water partition coefficient (Wildman–Crippen LogP) is 2.73. The molecule has 5 heteroatoms. The Morgan fingerprint density at radius 1 is 1.35 bits per heavy atom. The zero-order valence-corrected chi connectivity index (χ0v) is 14.2. The highest BCUT2D eigenvalue weighted by Gasteiger charge is 2.32. The van der Waals surface area contributed by atoms with Crippen molar-refractivity contribution < 1.29 is 9.47 Å². The van der Waals surface area contributed by atoms with E-state index in [-0.39, 0.29) is 0 Å². The summed E-state index contributed by atoms with van der Waals surface area (Å²) in [4.78, 5) is 2.37. The first-order chi connectivity index (χ1) is 9.53. The van der Waals surface area contributed by atoms with Crippen LogP contribution in [-0.2, 0) is 0 Å². The van der Waals surface area contributed by atoms with E-state index < -0.39 is 0 Å². The number of hydrogen-bond acceptors (Lipinski definition) is 4. The summed E-state index contributed by atoms with van der Waals surface area (Å²) >= 11 is 3.58. The first-order valence-electron chi connectivity index (χ1n) is 6.84. The molecule has 1 aromatic carbocycles. The predicted molar refractivity (Wildman–Crippen MR) is 84.5 cm³/mol. The summed E-state index contributed by atoms with van der Waals surface area (Å²) in [6.07, 6.45) is 1.09. The average molecular weight is 343 g/mol. The van der Waals surface area contributed by atoms with Crippen LogP contribution in [-0.4, -0.2) is 39.3 Å². The molecule has 1 heterocycles. The lowest BCUT2D eigenvalue weighted by Gasteiger charge is -2.24.